The molecule has 1 aliphatic heterocycles. The van der Waals surface area contributed by atoms with Crippen molar-refractivity contribution < 1.29 is 14.3 Å². The zero-order valence-corrected chi connectivity index (χ0v) is 18.2. The third-order valence-corrected chi connectivity index (χ3v) is 5.51. The molecule has 0 aliphatic carbocycles. The highest BCUT2D eigenvalue weighted by Crippen LogP contribution is 2.29. The highest BCUT2D eigenvalue weighted by molar-refractivity contribution is 5.93. The quantitative estimate of drug-likeness (QED) is 0.597. The number of benzene rings is 2. The van der Waals surface area contributed by atoms with Gasteiger partial charge < -0.3 is 19.3 Å². The third kappa shape index (κ3) is 4.37. The van der Waals surface area contributed by atoms with Crippen molar-refractivity contribution in [1.29, 1.82) is 5.26 Å². The van der Waals surface area contributed by atoms with E-state index in [1.165, 1.54) is 0 Å². The summed E-state index contributed by atoms with van der Waals surface area (Å²) >= 11 is 0. The molecule has 1 amide bonds. The first kappa shape index (κ1) is 21.2. The normalized spacial score (nSPS) is 13.5. The van der Waals surface area contributed by atoms with Crippen LogP contribution in [0.5, 0.6) is 11.5 Å². The first-order valence-electron chi connectivity index (χ1n) is 10.4. The number of para-hydroxylation sites is 1. The molecule has 0 spiro atoms. The van der Waals surface area contributed by atoms with Gasteiger partial charge in [0.1, 0.15) is 17.2 Å². The second-order valence-corrected chi connectivity index (χ2v) is 7.45. The van der Waals surface area contributed by atoms with E-state index in [-0.39, 0.29) is 12.3 Å². The number of nitrogens with zero attached hydrogens (tertiary/aromatic N) is 5. The number of nitriles is 1. The zero-order valence-electron chi connectivity index (χ0n) is 18.2. The lowest BCUT2D eigenvalue weighted by Gasteiger charge is -2.36. The van der Waals surface area contributed by atoms with Gasteiger partial charge in [0.15, 0.2) is 0 Å². The minimum atomic E-state index is -0.0894. The lowest BCUT2D eigenvalue weighted by atomic mass is 10.2. The molecule has 4 rings (SSSR count). The van der Waals surface area contributed by atoms with E-state index in [2.05, 4.69) is 16.1 Å². The second kappa shape index (κ2) is 9.43. The molecule has 3 aromatic rings. The van der Waals surface area contributed by atoms with Crippen molar-refractivity contribution in [2.24, 2.45) is 0 Å². The number of hydrogen-bond acceptors (Lipinski definition) is 6. The molecular weight excluding hydrogens is 406 g/mol. The predicted octanol–water partition coefficient (Wildman–Crippen LogP) is 2.92. The van der Waals surface area contributed by atoms with Crippen LogP contribution in [0.4, 0.5) is 5.69 Å². The average molecular weight is 431 g/mol. The Morgan fingerprint density at radius 1 is 0.969 bits per heavy atom. The van der Waals surface area contributed by atoms with Crippen LogP contribution in [0, 0.1) is 11.3 Å². The van der Waals surface area contributed by atoms with E-state index in [1.807, 2.05) is 53.4 Å². The maximum absolute atomic E-state index is 13.4. The summed E-state index contributed by atoms with van der Waals surface area (Å²) in [6.07, 6.45) is 0.158. The Morgan fingerprint density at radius 2 is 1.62 bits per heavy atom. The van der Waals surface area contributed by atoms with Gasteiger partial charge in [-0.25, -0.2) is 4.68 Å². The van der Waals surface area contributed by atoms with Crippen LogP contribution in [0.3, 0.4) is 0 Å². The highest BCUT2D eigenvalue weighted by atomic mass is 16.5. The number of aromatic nitrogens is 2. The second-order valence-electron chi connectivity index (χ2n) is 7.45. The smallest absolute Gasteiger partial charge is 0.272 e. The molecule has 0 bridgehead atoms. The van der Waals surface area contributed by atoms with Crippen LogP contribution in [0.15, 0.2) is 54.6 Å². The fourth-order valence-corrected chi connectivity index (χ4v) is 3.82. The van der Waals surface area contributed by atoms with Crippen LogP contribution in [-0.2, 0) is 6.42 Å². The van der Waals surface area contributed by atoms with Crippen molar-refractivity contribution in [3.63, 3.8) is 0 Å². The van der Waals surface area contributed by atoms with Crippen molar-refractivity contribution in [3.8, 4) is 23.3 Å². The zero-order chi connectivity index (χ0) is 22.5. The molecule has 0 radical (unpaired) electrons. The number of methoxy groups -OCH3 is 2. The summed E-state index contributed by atoms with van der Waals surface area (Å²) in [5.41, 5.74) is 2.85. The van der Waals surface area contributed by atoms with E-state index in [4.69, 9.17) is 14.7 Å². The number of amides is 1. The van der Waals surface area contributed by atoms with Gasteiger partial charge >= 0.3 is 0 Å². The Kier molecular flexibility index (Phi) is 6.26. The van der Waals surface area contributed by atoms with E-state index in [1.54, 1.807) is 25.0 Å². The monoisotopic (exact) mass is 431 g/mol. The van der Waals surface area contributed by atoms with Crippen molar-refractivity contribution >= 4 is 11.6 Å². The minimum absolute atomic E-state index is 0.0894. The van der Waals surface area contributed by atoms with Crippen LogP contribution >= 0.6 is 0 Å². The lowest BCUT2D eigenvalue weighted by molar-refractivity contribution is 0.0737. The summed E-state index contributed by atoms with van der Waals surface area (Å²) in [5, 5.41) is 13.6. The topological polar surface area (TPSA) is 83.6 Å². The van der Waals surface area contributed by atoms with E-state index >= 15 is 0 Å². The molecule has 2 aromatic carbocycles. The van der Waals surface area contributed by atoms with Gasteiger partial charge in [-0.2, -0.15) is 10.4 Å². The molecule has 32 heavy (non-hydrogen) atoms. The van der Waals surface area contributed by atoms with Crippen LogP contribution < -0.4 is 14.4 Å². The van der Waals surface area contributed by atoms with Crippen LogP contribution in [0.25, 0.3) is 5.69 Å². The predicted molar refractivity (Wildman–Crippen MR) is 121 cm³/mol. The van der Waals surface area contributed by atoms with Gasteiger partial charge in [-0.3, -0.25) is 4.79 Å². The molecule has 1 aliphatic rings. The van der Waals surface area contributed by atoms with Crippen LogP contribution in [-0.4, -0.2) is 61.0 Å². The molecule has 1 fully saturated rings. The molecule has 2 heterocycles. The SMILES string of the molecule is COc1cc(OC)cc(N2CCN(C(=O)c3cc(CC#N)nn3-c3ccccc3)CC2)c1. The third-order valence-electron chi connectivity index (χ3n) is 5.51. The fraction of sp³-hybridized carbons (Fsp3) is 0.292. The molecule has 0 unspecified atom stereocenters. The van der Waals surface area contributed by atoms with Gasteiger partial charge in [-0.05, 0) is 18.2 Å². The first-order chi connectivity index (χ1) is 15.6. The Hall–Kier alpha value is -3.99. The highest BCUT2D eigenvalue weighted by Gasteiger charge is 2.26. The number of anilines is 1. The molecule has 1 aromatic heterocycles. The van der Waals surface area contributed by atoms with Gasteiger partial charge in [0.2, 0.25) is 0 Å². The Morgan fingerprint density at radius 3 is 2.22 bits per heavy atom. The Balaban J connectivity index is 1.52. The first-order valence-corrected chi connectivity index (χ1v) is 10.4. The molecule has 164 valence electrons. The molecule has 8 nitrogen and oxygen atoms in total. The number of carbonyl (C=O) groups excluding carboxylic acids is 1. The maximum Gasteiger partial charge on any atom is 0.272 e. The van der Waals surface area contributed by atoms with E-state index < -0.39 is 0 Å². The fourth-order valence-electron chi connectivity index (χ4n) is 3.82. The summed E-state index contributed by atoms with van der Waals surface area (Å²) in [6, 6.07) is 19.1. The van der Waals surface area contributed by atoms with Crippen molar-refractivity contribution in [1.82, 2.24) is 14.7 Å². The molecule has 0 saturated carbocycles. The standard InChI is InChI=1S/C24H25N5O3/c1-31-21-15-20(16-22(17-21)32-2)27-10-12-28(13-11-27)24(30)23-14-18(8-9-25)26-29(23)19-6-4-3-5-7-19/h3-7,14-17H,8,10-13H2,1-2H3. The molecule has 0 atom stereocenters. The maximum atomic E-state index is 13.4. The summed E-state index contributed by atoms with van der Waals surface area (Å²) in [5.74, 6) is 1.37. The van der Waals surface area contributed by atoms with Crippen LogP contribution in [0.2, 0.25) is 0 Å². The number of rotatable bonds is 6. The summed E-state index contributed by atoms with van der Waals surface area (Å²) in [4.78, 5) is 17.4. The van der Waals surface area contributed by atoms with Gasteiger partial charge in [-0.15, -0.1) is 0 Å². The summed E-state index contributed by atoms with van der Waals surface area (Å²) in [6.45, 7) is 2.52. The van der Waals surface area contributed by atoms with Gasteiger partial charge in [0, 0.05) is 50.1 Å². The number of ether oxygens (including phenoxy) is 2. The number of piperazine rings is 1. The molecule has 0 N–H and O–H groups in total. The Labute approximate surface area is 187 Å². The average Bonchev–Trinajstić information content (AvgIpc) is 3.28. The van der Waals surface area contributed by atoms with Crippen molar-refractivity contribution in [2.45, 2.75) is 6.42 Å². The van der Waals surface area contributed by atoms with Crippen LogP contribution in [0.1, 0.15) is 16.2 Å². The largest absolute Gasteiger partial charge is 0.497 e. The Bertz CT molecular complexity index is 1110. The van der Waals surface area contributed by atoms with Gasteiger partial charge in [-0.1, -0.05) is 18.2 Å². The molecular formula is C24H25N5O3. The van der Waals surface area contributed by atoms with E-state index in [0.29, 0.717) is 37.6 Å². The van der Waals surface area contributed by atoms with E-state index in [9.17, 15) is 4.79 Å². The van der Waals surface area contributed by atoms with E-state index in [0.717, 1.165) is 22.9 Å². The van der Waals surface area contributed by atoms with Gasteiger partial charge in [0.05, 0.1) is 38.1 Å². The summed E-state index contributed by atoms with van der Waals surface area (Å²) in [7, 11) is 3.26. The molecule has 8 heteroatoms. The minimum Gasteiger partial charge on any atom is -0.497 e. The number of hydrogen-bond donors (Lipinski definition) is 0. The van der Waals surface area contributed by atoms with Crippen molar-refractivity contribution in [2.75, 3.05) is 45.3 Å². The lowest BCUT2D eigenvalue weighted by Crippen LogP contribution is -2.49. The summed E-state index contributed by atoms with van der Waals surface area (Å²) < 4.78 is 12.4. The number of carbonyl (C=O) groups is 1. The van der Waals surface area contributed by atoms with Crippen molar-refractivity contribution in [3.05, 3.63) is 66.0 Å². The van der Waals surface area contributed by atoms with Gasteiger partial charge in [0.25, 0.3) is 5.91 Å². The molecule has 1 saturated heterocycles.